The number of anilines is 1. The number of ether oxygens (including phenoxy) is 1. The van der Waals surface area contributed by atoms with Crippen molar-refractivity contribution in [2.75, 3.05) is 11.4 Å². The molecule has 0 bridgehead atoms. The minimum Gasteiger partial charge on any atom is -0.426 e. The van der Waals surface area contributed by atoms with Crippen molar-refractivity contribution in [3.63, 3.8) is 0 Å². The fourth-order valence-corrected chi connectivity index (χ4v) is 4.39. The standard InChI is InChI=1S/C23H21F3N2O4/c1-22-13-12-19(29)28(22)17-9-4-2-7-15(17)21(31)27(22)14-6-11-20(30)32-18-10-5-3-8-16(18)23(24,25)26/h2-5,7-10H,6,11-14H2,1H3. The van der Waals surface area contributed by atoms with Gasteiger partial charge in [0.1, 0.15) is 11.4 Å². The summed E-state index contributed by atoms with van der Waals surface area (Å²) in [5.74, 6) is -1.70. The molecule has 2 heterocycles. The minimum atomic E-state index is -4.64. The van der Waals surface area contributed by atoms with E-state index in [4.69, 9.17) is 4.74 Å². The van der Waals surface area contributed by atoms with Crippen LogP contribution < -0.4 is 9.64 Å². The van der Waals surface area contributed by atoms with Gasteiger partial charge in [0, 0.05) is 19.4 Å². The van der Waals surface area contributed by atoms with Crippen LogP contribution in [0.3, 0.4) is 0 Å². The van der Waals surface area contributed by atoms with Crippen LogP contribution in [0.2, 0.25) is 0 Å². The van der Waals surface area contributed by atoms with E-state index in [9.17, 15) is 27.6 Å². The van der Waals surface area contributed by atoms with Gasteiger partial charge in [0.05, 0.1) is 16.8 Å². The molecule has 9 heteroatoms. The average molecular weight is 446 g/mol. The minimum absolute atomic E-state index is 0.0828. The summed E-state index contributed by atoms with van der Waals surface area (Å²) in [5, 5.41) is 0. The summed E-state index contributed by atoms with van der Waals surface area (Å²) in [5.41, 5.74) is -0.900. The molecule has 1 unspecified atom stereocenters. The normalized spacial score (nSPS) is 20.2. The van der Waals surface area contributed by atoms with Gasteiger partial charge in [-0.05, 0) is 44.0 Å². The SMILES string of the molecule is CC12CCC(=O)N1c1ccccc1C(=O)N2CCCC(=O)Oc1ccccc1C(F)(F)F. The molecule has 168 valence electrons. The summed E-state index contributed by atoms with van der Waals surface area (Å²) in [6, 6.07) is 11.4. The Morgan fingerprint density at radius 2 is 1.78 bits per heavy atom. The zero-order valence-corrected chi connectivity index (χ0v) is 17.3. The van der Waals surface area contributed by atoms with Crippen molar-refractivity contribution < 1.29 is 32.3 Å². The van der Waals surface area contributed by atoms with Crippen molar-refractivity contribution in [1.82, 2.24) is 4.90 Å². The number of nitrogens with zero attached hydrogens (tertiary/aromatic N) is 2. The molecule has 0 N–H and O–H groups in total. The summed E-state index contributed by atoms with van der Waals surface area (Å²) in [4.78, 5) is 41.1. The first-order chi connectivity index (χ1) is 15.1. The van der Waals surface area contributed by atoms with E-state index in [0.29, 0.717) is 24.1 Å². The van der Waals surface area contributed by atoms with Gasteiger partial charge in [0.15, 0.2) is 0 Å². The Morgan fingerprint density at radius 3 is 2.53 bits per heavy atom. The highest BCUT2D eigenvalue weighted by Crippen LogP contribution is 2.44. The maximum absolute atomic E-state index is 13.1. The van der Waals surface area contributed by atoms with Crippen LogP contribution in [0, 0.1) is 0 Å². The van der Waals surface area contributed by atoms with E-state index in [1.54, 1.807) is 34.1 Å². The summed E-state index contributed by atoms with van der Waals surface area (Å²) >= 11 is 0. The maximum atomic E-state index is 13.1. The lowest BCUT2D eigenvalue weighted by atomic mass is 9.98. The number of fused-ring (bicyclic) bond motifs is 3. The second-order valence-corrected chi connectivity index (χ2v) is 7.99. The number of carbonyl (C=O) groups is 3. The molecule has 0 saturated carbocycles. The molecule has 1 fully saturated rings. The Morgan fingerprint density at radius 1 is 1.09 bits per heavy atom. The molecule has 0 radical (unpaired) electrons. The van der Waals surface area contributed by atoms with Crippen molar-refractivity contribution >= 4 is 23.5 Å². The summed E-state index contributed by atoms with van der Waals surface area (Å²) < 4.78 is 44.2. The molecule has 0 spiro atoms. The monoisotopic (exact) mass is 446 g/mol. The quantitative estimate of drug-likeness (QED) is 0.505. The number of hydrogen-bond acceptors (Lipinski definition) is 4. The lowest BCUT2D eigenvalue weighted by Crippen LogP contribution is -2.62. The summed E-state index contributed by atoms with van der Waals surface area (Å²) in [6.45, 7) is 1.97. The molecular formula is C23H21F3N2O4. The second-order valence-electron chi connectivity index (χ2n) is 7.99. The topological polar surface area (TPSA) is 66.9 Å². The van der Waals surface area contributed by atoms with Crippen molar-refractivity contribution in [3.8, 4) is 5.75 Å². The lowest BCUT2D eigenvalue weighted by molar-refractivity contribution is -0.142. The Balaban J connectivity index is 1.46. The van der Waals surface area contributed by atoms with Crippen LogP contribution in [0.25, 0.3) is 0 Å². The molecule has 2 aliphatic heterocycles. The van der Waals surface area contributed by atoms with Crippen LogP contribution in [0.1, 0.15) is 48.5 Å². The highest BCUT2D eigenvalue weighted by molar-refractivity contribution is 6.10. The lowest BCUT2D eigenvalue weighted by Gasteiger charge is -2.48. The van der Waals surface area contributed by atoms with E-state index in [-0.39, 0.29) is 31.2 Å². The number of hydrogen-bond donors (Lipinski definition) is 0. The molecule has 0 aromatic heterocycles. The molecule has 6 nitrogen and oxygen atoms in total. The van der Waals surface area contributed by atoms with E-state index < -0.39 is 29.1 Å². The Hall–Kier alpha value is -3.36. The number of amides is 2. The highest BCUT2D eigenvalue weighted by atomic mass is 19.4. The fourth-order valence-electron chi connectivity index (χ4n) is 4.39. The molecule has 2 aliphatic rings. The fraction of sp³-hybridized carbons (Fsp3) is 0.348. The Kier molecular flexibility index (Phi) is 5.44. The second kappa shape index (κ2) is 7.96. The first kappa shape index (κ1) is 21.9. The zero-order chi connectivity index (χ0) is 23.1. The van der Waals surface area contributed by atoms with Crippen molar-refractivity contribution in [3.05, 3.63) is 59.7 Å². The largest absolute Gasteiger partial charge is 0.426 e. The van der Waals surface area contributed by atoms with Gasteiger partial charge in [0.2, 0.25) is 5.91 Å². The molecule has 2 aromatic rings. The van der Waals surface area contributed by atoms with E-state index in [1.165, 1.54) is 12.1 Å². The number of esters is 1. The van der Waals surface area contributed by atoms with Gasteiger partial charge in [-0.1, -0.05) is 24.3 Å². The average Bonchev–Trinajstić information content (AvgIpc) is 3.05. The molecule has 2 amide bonds. The predicted octanol–water partition coefficient (Wildman–Crippen LogP) is 4.39. The first-order valence-corrected chi connectivity index (χ1v) is 10.2. The number of benzene rings is 2. The van der Waals surface area contributed by atoms with Crippen LogP contribution in [0.5, 0.6) is 5.75 Å². The number of rotatable bonds is 5. The molecule has 4 rings (SSSR count). The Labute approximate surface area is 182 Å². The third-order valence-electron chi connectivity index (χ3n) is 5.92. The molecule has 1 atom stereocenters. The predicted molar refractivity (Wildman–Crippen MR) is 109 cm³/mol. The van der Waals surface area contributed by atoms with Gasteiger partial charge in [-0.15, -0.1) is 0 Å². The van der Waals surface area contributed by atoms with Crippen LogP contribution in [0.4, 0.5) is 18.9 Å². The van der Waals surface area contributed by atoms with Gasteiger partial charge in [-0.25, -0.2) is 0 Å². The van der Waals surface area contributed by atoms with Crippen LogP contribution in [-0.4, -0.2) is 34.9 Å². The van der Waals surface area contributed by atoms with Gasteiger partial charge in [-0.3, -0.25) is 19.3 Å². The van der Waals surface area contributed by atoms with E-state index >= 15 is 0 Å². The van der Waals surface area contributed by atoms with Crippen LogP contribution in [0.15, 0.2) is 48.5 Å². The number of para-hydroxylation sites is 2. The zero-order valence-electron chi connectivity index (χ0n) is 17.3. The maximum Gasteiger partial charge on any atom is 0.419 e. The number of alkyl halides is 3. The molecule has 0 aliphatic carbocycles. The summed E-state index contributed by atoms with van der Waals surface area (Å²) in [7, 11) is 0. The van der Waals surface area contributed by atoms with Gasteiger partial charge < -0.3 is 9.64 Å². The van der Waals surface area contributed by atoms with Gasteiger partial charge in [-0.2, -0.15) is 13.2 Å². The first-order valence-electron chi connectivity index (χ1n) is 10.2. The smallest absolute Gasteiger partial charge is 0.419 e. The molecule has 2 aromatic carbocycles. The molecular weight excluding hydrogens is 425 g/mol. The Bertz CT molecular complexity index is 1080. The van der Waals surface area contributed by atoms with Gasteiger partial charge in [0.25, 0.3) is 5.91 Å². The van der Waals surface area contributed by atoms with Gasteiger partial charge >= 0.3 is 12.1 Å². The number of halogens is 3. The van der Waals surface area contributed by atoms with Crippen molar-refractivity contribution in [2.45, 2.75) is 44.4 Å². The van der Waals surface area contributed by atoms with E-state index in [0.717, 1.165) is 12.1 Å². The van der Waals surface area contributed by atoms with Crippen LogP contribution >= 0.6 is 0 Å². The molecule has 32 heavy (non-hydrogen) atoms. The van der Waals surface area contributed by atoms with E-state index in [2.05, 4.69) is 0 Å². The third kappa shape index (κ3) is 3.72. The third-order valence-corrected chi connectivity index (χ3v) is 5.92. The molecule has 1 saturated heterocycles. The van der Waals surface area contributed by atoms with Crippen molar-refractivity contribution in [1.29, 1.82) is 0 Å². The number of carbonyl (C=O) groups excluding carboxylic acids is 3. The van der Waals surface area contributed by atoms with Crippen molar-refractivity contribution in [2.24, 2.45) is 0 Å². The van der Waals surface area contributed by atoms with E-state index in [1.807, 2.05) is 6.92 Å². The van der Waals surface area contributed by atoms with Crippen LogP contribution in [-0.2, 0) is 15.8 Å². The summed E-state index contributed by atoms with van der Waals surface area (Å²) in [6.07, 6.45) is -3.89. The highest BCUT2D eigenvalue weighted by Gasteiger charge is 2.52.